The van der Waals surface area contributed by atoms with Crippen molar-refractivity contribution in [3.05, 3.63) is 18.0 Å². The zero-order valence-corrected chi connectivity index (χ0v) is 16.5. The van der Waals surface area contributed by atoms with Gasteiger partial charge in [0.25, 0.3) is 5.91 Å². The minimum Gasteiger partial charge on any atom is -0.313 e. The number of unbranched alkanes of at least 4 members (excludes halogenated alkanes) is 2. The maximum Gasteiger partial charge on any atom is 0.327 e. The van der Waals surface area contributed by atoms with E-state index in [1.165, 1.54) is 11.1 Å². The Morgan fingerprint density at radius 1 is 1.27 bits per heavy atom. The Balaban J connectivity index is 2.14. The molecule has 1 aliphatic rings. The fourth-order valence-electron chi connectivity index (χ4n) is 3.46. The van der Waals surface area contributed by atoms with Crippen LogP contribution in [0.5, 0.6) is 0 Å². The number of aryl methyl sites for hydroxylation is 1. The number of carbonyl (C=O) groups excluding carboxylic acids is 3. The SMILES string of the molecule is CCCCCC(C)C1(C)C(=O)N(CC(=O)c2cnn(CC)c2)C(=O)N1C. The molecule has 0 aromatic carbocycles. The Kier molecular flexibility index (Phi) is 6.21. The second-order valence-corrected chi connectivity index (χ2v) is 7.29. The van der Waals surface area contributed by atoms with E-state index in [-0.39, 0.29) is 24.2 Å². The largest absolute Gasteiger partial charge is 0.327 e. The molecule has 3 amide bonds. The molecule has 1 fully saturated rings. The molecule has 26 heavy (non-hydrogen) atoms. The molecule has 2 atom stereocenters. The van der Waals surface area contributed by atoms with Gasteiger partial charge < -0.3 is 4.90 Å². The van der Waals surface area contributed by atoms with Crippen molar-refractivity contribution in [3.8, 4) is 0 Å². The summed E-state index contributed by atoms with van der Waals surface area (Å²) in [6.07, 6.45) is 7.24. The topological polar surface area (TPSA) is 75.5 Å². The Morgan fingerprint density at radius 2 is 1.96 bits per heavy atom. The van der Waals surface area contributed by atoms with E-state index in [0.717, 1.165) is 30.6 Å². The van der Waals surface area contributed by atoms with Crippen LogP contribution in [0.2, 0.25) is 0 Å². The minimum atomic E-state index is -0.904. The summed E-state index contributed by atoms with van der Waals surface area (Å²) >= 11 is 0. The quantitative estimate of drug-likeness (QED) is 0.384. The van der Waals surface area contributed by atoms with Crippen molar-refractivity contribution in [1.29, 1.82) is 0 Å². The molecular formula is C19H30N4O3. The molecule has 1 aromatic rings. The number of hydrogen-bond donors (Lipinski definition) is 0. The molecule has 0 saturated carbocycles. The van der Waals surface area contributed by atoms with Crippen LogP contribution in [0.1, 0.15) is 63.7 Å². The van der Waals surface area contributed by atoms with Crippen LogP contribution in [0.15, 0.2) is 12.4 Å². The van der Waals surface area contributed by atoms with Gasteiger partial charge in [0.05, 0.1) is 18.3 Å². The highest BCUT2D eigenvalue weighted by Gasteiger charge is 2.55. The van der Waals surface area contributed by atoms with Crippen LogP contribution in [-0.4, -0.2) is 56.4 Å². The standard InChI is InChI=1S/C19H30N4O3/c1-6-8-9-10-14(3)19(4)17(25)23(18(26)21(19)5)13-16(24)15-11-20-22(7-2)12-15/h11-12,14H,6-10,13H2,1-5H3. The second kappa shape index (κ2) is 8.01. The summed E-state index contributed by atoms with van der Waals surface area (Å²) in [6.45, 7) is 8.29. The summed E-state index contributed by atoms with van der Waals surface area (Å²) in [5.41, 5.74) is -0.488. The zero-order chi connectivity index (χ0) is 19.5. The third-order valence-electron chi connectivity index (χ3n) is 5.67. The molecule has 0 radical (unpaired) electrons. The van der Waals surface area contributed by atoms with Gasteiger partial charge in [0.2, 0.25) is 0 Å². The Hall–Kier alpha value is -2.18. The van der Waals surface area contributed by atoms with Crippen molar-refractivity contribution < 1.29 is 14.4 Å². The fourth-order valence-corrected chi connectivity index (χ4v) is 3.46. The lowest BCUT2D eigenvalue weighted by Gasteiger charge is -2.34. The number of urea groups is 1. The van der Waals surface area contributed by atoms with Crippen molar-refractivity contribution in [2.45, 2.75) is 65.5 Å². The Morgan fingerprint density at radius 3 is 2.54 bits per heavy atom. The van der Waals surface area contributed by atoms with E-state index < -0.39 is 11.6 Å². The van der Waals surface area contributed by atoms with Crippen LogP contribution >= 0.6 is 0 Å². The Labute approximate surface area is 155 Å². The second-order valence-electron chi connectivity index (χ2n) is 7.29. The zero-order valence-electron chi connectivity index (χ0n) is 16.5. The number of hydrogen-bond acceptors (Lipinski definition) is 4. The number of rotatable bonds is 9. The molecule has 1 aliphatic heterocycles. The lowest BCUT2D eigenvalue weighted by molar-refractivity contribution is -0.134. The van der Waals surface area contributed by atoms with Crippen LogP contribution in [0.25, 0.3) is 0 Å². The number of imide groups is 1. The molecule has 2 unspecified atom stereocenters. The van der Waals surface area contributed by atoms with Gasteiger partial charge in [0, 0.05) is 19.8 Å². The maximum absolute atomic E-state index is 13.0. The summed E-state index contributed by atoms with van der Waals surface area (Å²) in [6, 6.07) is -0.406. The van der Waals surface area contributed by atoms with Crippen LogP contribution in [0.3, 0.4) is 0 Å². The molecule has 7 heteroatoms. The predicted octanol–water partition coefficient (Wildman–Crippen LogP) is 2.95. The first-order chi connectivity index (χ1) is 12.3. The lowest BCUT2D eigenvalue weighted by Crippen LogP contribution is -2.50. The van der Waals surface area contributed by atoms with Crippen LogP contribution in [-0.2, 0) is 11.3 Å². The highest BCUT2D eigenvalue weighted by Crippen LogP contribution is 2.35. The van der Waals surface area contributed by atoms with Crippen molar-refractivity contribution in [1.82, 2.24) is 19.6 Å². The molecule has 0 N–H and O–H groups in total. The number of likely N-dealkylation sites (N-methyl/N-ethyl adjacent to an activating group) is 1. The van der Waals surface area contributed by atoms with Gasteiger partial charge in [0.1, 0.15) is 5.54 Å². The average molecular weight is 362 g/mol. The van der Waals surface area contributed by atoms with Crippen LogP contribution in [0, 0.1) is 5.92 Å². The van der Waals surface area contributed by atoms with Gasteiger partial charge in [-0.1, -0.05) is 33.1 Å². The van der Waals surface area contributed by atoms with E-state index in [4.69, 9.17) is 0 Å². The summed E-state index contributed by atoms with van der Waals surface area (Å²) < 4.78 is 1.65. The molecule has 1 saturated heterocycles. The number of carbonyl (C=O) groups is 3. The number of ketones is 1. The first-order valence-corrected chi connectivity index (χ1v) is 9.42. The number of Topliss-reactive ketones (excluding diaryl/α,β-unsaturated/α-hetero) is 1. The number of amides is 3. The summed E-state index contributed by atoms with van der Waals surface area (Å²) in [5.74, 6) is -0.536. The normalized spacial score (nSPS) is 21.6. The van der Waals surface area contributed by atoms with E-state index in [1.54, 1.807) is 17.9 Å². The minimum absolute atomic E-state index is 0.0263. The first-order valence-electron chi connectivity index (χ1n) is 9.42. The van der Waals surface area contributed by atoms with Crippen molar-refractivity contribution >= 4 is 17.7 Å². The van der Waals surface area contributed by atoms with Gasteiger partial charge in [-0.3, -0.25) is 19.2 Å². The predicted molar refractivity (Wildman–Crippen MR) is 98.8 cm³/mol. The van der Waals surface area contributed by atoms with Crippen molar-refractivity contribution in [3.63, 3.8) is 0 Å². The van der Waals surface area contributed by atoms with Crippen LogP contribution in [0.4, 0.5) is 4.79 Å². The molecule has 7 nitrogen and oxygen atoms in total. The molecule has 1 aromatic heterocycles. The average Bonchev–Trinajstić information content (AvgIpc) is 3.17. The van der Waals surface area contributed by atoms with Gasteiger partial charge in [-0.25, -0.2) is 4.79 Å². The third-order valence-corrected chi connectivity index (χ3v) is 5.67. The molecule has 0 spiro atoms. The van der Waals surface area contributed by atoms with Gasteiger partial charge >= 0.3 is 6.03 Å². The molecule has 0 bridgehead atoms. The van der Waals surface area contributed by atoms with Crippen molar-refractivity contribution in [2.75, 3.05) is 13.6 Å². The van der Waals surface area contributed by atoms with E-state index in [0.29, 0.717) is 12.1 Å². The van der Waals surface area contributed by atoms with E-state index in [1.807, 2.05) is 20.8 Å². The maximum atomic E-state index is 13.0. The summed E-state index contributed by atoms with van der Waals surface area (Å²) in [5, 5.41) is 4.08. The first kappa shape index (κ1) is 20.1. The third kappa shape index (κ3) is 3.52. The molecular weight excluding hydrogens is 332 g/mol. The van der Waals surface area contributed by atoms with Gasteiger partial charge in [0.15, 0.2) is 5.78 Å². The highest BCUT2D eigenvalue weighted by atomic mass is 16.2. The number of nitrogens with zero attached hydrogens (tertiary/aromatic N) is 4. The van der Waals surface area contributed by atoms with Crippen LogP contribution < -0.4 is 0 Å². The number of aromatic nitrogens is 2. The summed E-state index contributed by atoms with van der Waals surface area (Å²) in [7, 11) is 1.65. The highest BCUT2D eigenvalue weighted by molar-refractivity contribution is 6.10. The summed E-state index contributed by atoms with van der Waals surface area (Å²) in [4.78, 5) is 40.8. The van der Waals surface area contributed by atoms with Gasteiger partial charge in [-0.15, -0.1) is 0 Å². The van der Waals surface area contributed by atoms with E-state index in [2.05, 4.69) is 12.0 Å². The monoisotopic (exact) mass is 362 g/mol. The van der Waals surface area contributed by atoms with Crippen molar-refractivity contribution in [2.24, 2.45) is 5.92 Å². The molecule has 2 rings (SSSR count). The smallest absolute Gasteiger partial charge is 0.313 e. The Bertz CT molecular complexity index is 684. The van der Waals surface area contributed by atoms with E-state index >= 15 is 0 Å². The molecule has 0 aliphatic carbocycles. The lowest BCUT2D eigenvalue weighted by atomic mass is 9.82. The fraction of sp³-hybridized carbons (Fsp3) is 0.684. The molecule has 2 heterocycles. The van der Waals surface area contributed by atoms with Gasteiger partial charge in [-0.05, 0) is 26.2 Å². The molecule has 144 valence electrons. The van der Waals surface area contributed by atoms with E-state index in [9.17, 15) is 14.4 Å². The van der Waals surface area contributed by atoms with Gasteiger partial charge in [-0.2, -0.15) is 5.10 Å².